The number of carbonyl (C=O) groups excluding carboxylic acids is 3. The van der Waals surface area contributed by atoms with Gasteiger partial charge >= 0.3 is 0 Å². The average Bonchev–Trinajstić information content (AvgIpc) is 3.09. The molecular weight excluding hydrogens is 397 g/mol. The molecule has 2 aromatic rings. The molecule has 0 saturated heterocycles. The van der Waals surface area contributed by atoms with E-state index in [1.165, 1.54) is 11.3 Å². The van der Waals surface area contributed by atoms with Crippen LogP contribution in [0.5, 0.6) is 0 Å². The maximum Gasteiger partial charge on any atom is 0.241 e. The van der Waals surface area contributed by atoms with Gasteiger partial charge in [0.15, 0.2) is 5.78 Å². The number of hydrogen-bond donors (Lipinski definition) is 2. The Morgan fingerprint density at radius 1 is 1.35 bits per heavy atom. The van der Waals surface area contributed by atoms with E-state index in [9.17, 15) is 14.4 Å². The lowest BCUT2D eigenvalue weighted by molar-refractivity contribution is -0.116. The number of hydrogen-bond acceptors (Lipinski definition) is 5. The summed E-state index contributed by atoms with van der Waals surface area (Å²) in [5.74, 6) is -1.66. The highest BCUT2D eigenvalue weighted by molar-refractivity contribution is 7.12. The molecular formula is C17H17Cl2N3O3S. The first-order chi connectivity index (χ1) is 12.1. The number of halogens is 2. The summed E-state index contributed by atoms with van der Waals surface area (Å²) < 4.78 is 0. The maximum absolute atomic E-state index is 12.4. The Morgan fingerprint density at radius 3 is 2.54 bits per heavy atom. The average molecular weight is 414 g/mol. The minimum absolute atomic E-state index is 0.0677. The molecule has 138 valence electrons. The van der Waals surface area contributed by atoms with Crippen LogP contribution in [-0.2, 0) is 9.59 Å². The fourth-order valence-corrected chi connectivity index (χ4v) is 3.31. The van der Waals surface area contributed by atoms with Crippen molar-refractivity contribution in [3.05, 3.63) is 44.3 Å². The maximum atomic E-state index is 12.4. The Balaban J connectivity index is 0.000000298. The number of thiophene rings is 1. The summed E-state index contributed by atoms with van der Waals surface area (Å²) in [4.78, 5) is 38.5. The smallest absolute Gasteiger partial charge is 0.241 e. The van der Waals surface area contributed by atoms with Crippen LogP contribution in [0.15, 0.2) is 23.6 Å². The Kier molecular flexibility index (Phi) is 6.39. The van der Waals surface area contributed by atoms with Crippen LogP contribution in [0.1, 0.15) is 42.1 Å². The number of anilines is 1. The van der Waals surface area contributed by atoms with Gasteiger partial charge in [-0.3, -0.25) is 14.4 Å². The third-order valence-electron chi connectivity index (χ3n) is 3.25. The van der Waals surface area contributed by atoms with Crippen molar-refractivity contribution in [2.75, 3.05) is 5.32 Å². The first kappa shape index (κ1) is 20.4. The van der Waals surface area contributed by atoms with Crippen LogP contribution >= 0.6 is 34.5 Å². The zero-order valence-corrected chi connectivity index (χ0v) is 16.6. The quantitative estimate of drug-likeness (QED) is 0.345. The van der Waals surface area contributed by atoms with Crippen molar-refractivity contribution in [3.63, 3.8) is 0 Å². The van der Waals surface area contributed by atoms with Crippen LogP contribution in [0.3, 0.4) is 0 Å². The van der Waals surface area contributed by atoms with Gasteiger partial charge in [0.2, 0.25) is 12.3 Å². The van der Waals surface area contributed by atoms with Crippen molar-refractivity contribution in [1.29, 1.82) is 0 Å². The molecule has 1 aliphatic rings. The van der Waals surface area contributed by atoms with Gasteiger partial charge in [0.05, 0.1) is 21.3 Å². The van der Waals surface area contributed by atoms with E-state index in [-0.39, 0.29) is 22.4 Å². The molecule has 1 aliphatic heterocycles. The second kappa shape index (κ2) is 8.16. The van der Waals surface area contributed by atoms with Crippen LogP contribution in [0.4, 0.5) is 5.69 Å². The molecule has 0 fully saturated rings. The van der Waals surface area contributed by atoms with Crippen molar-refractivity contribution in [2.24, 2.45) is 0 Å². The predicted octanol–water partition coefficient (Wildman–Crippen LogP) is 3.90. The molecule has 0 saturated carbocycles. The highest BCUT2D eigenvalue weighted by atomic mass is 35.5. The van der Waals surface area contributed by atoms with Crippen LogP contribution in [-0.4, -0.2) is 28.6 Å². The highest BCUT2D eigenvalue weighted by Gasteiger charge is 2.39. The van der Waals surface area contributed by atoms with E-state index >= 15 is 0 Å². The predicted molar refractivity (Wildman–Crippen MR) is 103 cm³/mol. The molecule has 2 amide bonds. The molecule has 3 heterocycles. The molecule has 0 radical (unpaired) electrons. The van der Waals surface area contributed by atoms with Gasteiger partial charge in [0.25, 0.3) is 0 Å². The Morgan fingerprint density at radius 2 is 2.04 bits per heavy atom. The van der Waals surface area contributed by atoms with Gasteiger partial charge in [0.1, 0.15) is 11.1 Å². The van der Waals surface area contributed by atoms with Gasteiger partial charge < -0.3 is 10.6 Å². The molecule has 0 spiro atoms. The molecule has 9 heteroatoms. The molecule has 0 bridgehead atoms. The van der Waals surface area contributed by atoms with E-state index < -0.39 is 5.92 Å². The SMILES string of the molecule is CC(C)(C)NC=O.O=C1Nc2ccc(Cl)nc2C1C(=O)c1cc(Cl)cs1. The number of fused-ring (bicyclic) bond motifs is 1. The normalized spacial score (nSPS) is 15.4. The number of Topliss-reactive ketones (excluding diaryl/α,β-unsaturated/α-hetero) is 1. The molecule has 0 aromatic carbocycles. The van der Waals surface area contributed by atoms with Crippen molar-refractivity contribution >= 4 is 58.3 Å². The van der Waals surface area contributed by atoms with Crippen LogP contribution in [0.25, 0.3) is 0 Å². The van der Waals surface area contributed by atoms with E-state index in [4.69, 9.17) is 23.2 Å². The summed E-state index contributed by atoms with van der Waals surface area (Å²) in [5.41, 5.74) is 0.823. The lowest BCUT2D eigenvalue weighted by Gasteiger charge is -2.15. The largest absolute Gasteiger partial charge is 0.354 e. The van der Waals surface area contributed by atoms with Crippen molar-refractivity contribution < 1.29 is 14.4 Å². The summed E-state index contributed by atoms with van der Waals surface area (Å²) in [6, 6.07) is 4.75. The van der Waals surface area contributed by atoms with Crippen LogP contribution < -0.4 is 10.6 Å². The third-order valence-corrected chi connectivity index (χ3v) is 4.75. The summed E-state index contributed by atoms with van der Waals surface area (Å²) in [6.45, 7) is 5.80. The first-order valence-corrected chi connectivity index (χ1v) is 9.23. The van der Waals surface area contributed by atoms with Crippen molar-refractivity contribution in [1.82, 2.24) is 10.3 Å². The zero-order valence-electron chi connectivity index (χ0n) is 14.3. The minimum Gasteiger partial charge on any atom is -0.354 e. The molecule has 6 nitrogen and oxygen atoms in total. The second-order valence-corrected chi connectivity index (χ2v) is 8.23. The lowest BCUT2D eigenvalue weighted by atomic mass is 10.00. The highest BCUT2D eigenvalue weighted by Crippen LogP contribution is 2.35. The van der Waals surface area contributed by atoms with E-state index in [2.05, 4.69) is 15.6 Å². The Hall–Kier alpha value is -1.96. The van der Waals surface area contributed by atoms with Crippen LogP contribution in [0.2, 0.25) is 10.2 Å². The van der Waals surface area contributed by atoms with Gasteiger partial charge in [-0.15, -0.1) is 11.3 Å². The van der Waals surface area contributed by atoms with Gasteiger partial charge in [0, 0.05) is 10.9 Å². The number of amides is 2. The Labute approximate surface area is 164 Å². The summed E-state index contributed by atoms with van der Waals surface area (Å²) in [6.07, 6.45) is 0.708. The van der Waals surface area contributed by atoms with Crippen molar-refractivity contribution in [3.8, 4) is 0 Å². The number of nitrogens with zero attached hydrogens (tertiary/aromatic N) is 1. The van der Waals surface area contributed by atoms with Gasteiger partial charge in [-0.1, -0.05) is 23.2 Å². The van der Waals surface area contributed by atoms with E-state index in [0.717, 1.165) is 0 Å². The summed E-state index contributed by atoms with van der Waals surface area (Å²) >= 11 is 12.8. The fourth-order valence-electron chi connectivity index (χ4n) is 2.11. The van der Waals surface area contributed by atoms with E-state index in [0.29, 0.717) is 27.7 Å². The molecule has 0 aliphatic carbocycles. The second-order valence-electron chi connectivity index (χ2n) is 6.49. The Bertz CT molecular complexity index is 846. The number of rotatable bonds is 3. The zero-order chi connectivity index (χ0) is 19.5. The summed E-state index contributed by atoms with van der Waals surface area (Å²) in [7, 11) is 0. The number of ketones is 1. The number of nitrogens with one attached hydrogen (secondary N) is 2. The fraction of sp³-hybridized carbons (Fsp3) is 0.294. The molecule has 2 N–H and O–H groups in total. The lowest BCUT2D eigenvalue weighted by Crippen LogP contribution is -2.34. The first-order valence-electron chi connectivity index (χ1n) is 7.59. The van der Waals surface area contributed by atoms with E-state index in [1.54, 1.807) is 23.6 Å². The number of carbonyl (C=O) groups is 3. The van der Waals surface area contributed by atoms with Crippen LogP contribution in [0, 0.1) is 0 Å². The standard InChI is InChI=1S/C12H6Cl2N2O2S.C5H11NO/c13-5-3-7(19-4-5)11(17)9-10-6(15-12(9)18)1-2-8(14)16-10;1-5(2,3)6-4-7/h1-4,9H,(H,15,18);4H,1-3H3,(H,6,7). The summed E-state index contributed by atoms with van der Waals surface area (Å²) in [5, 5.41) is 7.60. The van der Waals surface area contributed by atoms with Gasteiger partial charge in [-0.2, -0.15) is 0 Å². The van der Waals surface area contributed by atoms with E-state index in [1.807, 2.05) is 20.8 Å². The minimum atomic E-state index is -0.955. The molecule has 1 atom stereocenters. The van der Waals surface area contributed by atoms with Gasteiger partial charge in [-0.25, -0.2) is 4.98 Å². The number of aromatic nitrogens is 1. The monoisotopic (exact) mass is 413 g/mol. The molecule has 2 aromatic heterocycles. The topological polar surface area (TPSA) is 88.2 Å². The third kappa shape index (κ3) is 5.03. The van der Waals surface area contributed by atoms with Crippen molar-refractivity contribution in [2.45, 2.75) is 32.2 Å². The van der Waals surface area contributed by atoms with Gasteiger partial charge in [-0.05, 0) is 39.0 Å². The molecule has 26 heavy (non-hydrogen) atoms. The molecule has 1 unspecified atom stereocenters. The molecule has 3 rings (SSSR count). The number of pyridine rings is 1.